The summed E-state index contributed by atoms with van der Waals surface area (Å²) in [5, 5.41) is 3.25. The van der Waals surface area contributed by atoms with Crippen molar-refractivity contribution < 1.29 is 4.39 Å². The molecule has 1 saturated heterocycles. The number of anilines is 4. The number of hydrogen-bond acceptors (Lipinski definition) is 3. The summed E-state index contributed by atoms with van der Waals surface area (Å²) in [5.74, 6) is -0.276. The lowest BCUT2D eigenvalue weighted by Crippen LogP contribution is -2.17. The Morgan fingerprint density at radius 2 is 1.76 bits per heavy atom. The molecule has 0 bridgehead atoms. The lowest BCUT2D eigenvalue weighted by atomic mass is 10.1. The van der Waals surface area contributed by atoms with Gasteiger partial charge in [-0.25, -0.2) is 4.39 Å². The third-order valence-electron chi connectivity index (χ3n) is 3.95. The van der Waals surface area contributed by atoms with E-state index in [4.69, 9.17) is 5.73 Å². The van der Waals surface area contributed by atoms with Gasteiger partial charge >= 0.3 is 0 Å². The lowest BCUT2D eigenvalue weighted by Gasteiger charge is -2.18. The number of nitrogens with zero attached hydrogens (tertiary/aromatic N) is 1. The lowest BCUT2D eigenvalue weighted by molar-refractivity contribution is 0.619. The topological polar surface area (TPSA) is 41.3 Å². The predicted octanol–water partition coefficient (Wildman–Crippen LogP) is 4.06. The third-order valence-corrected chi connectivity index (χ3v) is 3.95. The van der Waals surface area contributed by atoms with Gasteiger partial charge in [0.15, 0.2) is 0 Å². The number of nitrogen functional groups attached to an aromatic ring is 1. The fourth-order valence-corrected chi connectivity index (χ4v) is 2.69. The van der Waals surface area contributed by atoms with Crippen molar-refractivity contribution >= 4 is 22.7 Å². The van der Waals surface area contributed by atoms with Crippen LogP contribution in [0, 0.1) is 12.7 Å². The van der Waals surface area contributed by atoms with Crippen molar-refractivity contribution in [2.75, 3.05) is 29.0 Å². The second-order valence-corrected chi connectivity index (χ2v) is 5.55. The Labute approximate surface area is 124 Å². The van der Waals surface area contributed by atoms with Crippen molar-refractivity contribution in [3.8, 4) is 0 Å². The standard InChI is InChI=1S/C17H20FN3/c1-12-10-17(16(19)11-15(12)18)20-13-4-6-14(7-5-13)21-8-2-3-9-21/h4-7,10-11,20H,2-3,8-9,19H2,1H3. The van der Waals surface area contributed by atoms with Crippen molar-refractivity contribution in [2.24, 2.45) is 0 Å². The number of halogens is 1. The Morgan fingerprint density at radius 1 is 1.10 bits per heavy atom. The zero-order chi connectivity index (χ0) is 14.8. The third kappa shape index (κ3) is 2.94. The van der Waals surface area contributed by atoms with Gasteiger partial charge in [0.1, 0.15) is 5.82 Å². The molecule has 4 heteroatoms. The molecule has 1 aliphatic rings. The Balaban J connectivity index is 1.77. The van der Waals surface area contributed by atoms with Crippen LogP contribution in [0.1, 0.15) is 18.4 Å². The molecule has 0 aliphatic carbocycles. The minimum Gasteiger partial charge on any atom is -0.397 e. The summed E-state index contributed by atoms with van der Waals surface area (Å²) in [5.41, 5.74) is 9.80. The van der Waals surface area contributed by atoms with Crippen LogP contribution in [0.2, 0.25) is 0 Å². The van der Waals surface area contributed by atoms with E-state index >= 15 is 0 Å². The Kier molecular flexibility index (Phi) is 3.69. The van der Waals surface area contributed by atoms with Crippen molar-refractivity contribution in [1.29, 1.82) is 0 Å². The second-order valence-electron chi connectivity index (χ2n) is 5.55. The molecule has 0 amide bonds. The largest absolute Gasteiger partial charge is 0.397 e. The first kappa shape index (κ1) is 13.7. The van der Waals surface area contributed by atoms with Gasteiger partial charge in [-0.1, -0.05) is 0 Å². The molecule has 110 valence electrons. The van der Waals surface area contributed by atoms with Crippen LogP contribution < -0.4 is 16.0 Å². The first-order valence-corrected chi connectivity index (χ1v) is 7.31. The van der Waals surface area contributed by atoms with Crippen LogP contribution >= 0.6 is 0 Å². The number of nitrogens with two attached hydrogens (primary N) is 1. The normalized spacial score (nSPS) is 14.5. The summed E-state index contributed by atoms with van der Waals surface area (Å²) in [4.78, 5) is 2.39. The van der Waals surface area contributed by atoms with Gasteiger partial charge in [-0.05, 0) is 61.7 Å². The molecule has 0 aromatic heterocycles. The molecule has 3 nitrogen and oxygen atoms in total. The van der Waals surface area contributed by atoms with E-state index in [1.54, 1.807) is 13.0 Å². The maximum absolute atomic E-state index is 13.4. The molecule has 3 rings (SSSR count). The molecular weight excluding hydrogens is 265 g/mol. The van der Waals surface area contributed by atoms with Gasteiger partial charge in [0, 0.05) is 24.5 Å². The number of hydrogen-bond donors (Lipinski definition) is 2. The Hall–Kier alpha value is -2.23. The zero-order valence-electron chi connectivity index (χ0n) is 12.2. The molecule has 0 saturated carbocycles. The van der Waals surface area contributed by atoms with Gasteiger partial charge in [0.2, 0.25) is 0 Å². The summed E-state index contributed by atoms with van der Waals surface area (Å²) in [6.45, 7) is 4.00. The van der Waals surface area contributed by atoms with Gasteiger partial charge < -0.3 is 16.0 Å². The van der Waals surface area contributed by atoms with E-state index in [2.05, 4.69) is 22.3 Å². The summed E-state index contributed by atoms with van der Waals surface area (Å²) < 4.78 is 13.4. The first-order valence-electron chi connectivity index (χ1n) is 7.31. The highest BCUT2D eigenvalue weighted by molar-refractivity contribution is 5.74. The van der Waals surface area contributed by atoms with Gasteiger partial charge in [-0.3, -0.25) is 0 Å². The van der Waals surface area contributed by atoms with Crippen LogP contribution in [0.5, 0.6) is 0 Å². The van der Waals surface area contributed by atoms with E-state index in [1.165, 1.54) is 24.6 Å². The van der Waals surface area contributed by atoms with Crippen molar-refractivity contribution in [3.05, 3.63) is 47.8 Å². The van der Waals surface area contributed by atoms with E-state index in [0.29, 0.717) is 11.3 Å². The van der Waals surface area contributed by atoms with E-state index < -0.39 is 0 Å². The molecule has 0 radical (unpaired) electrons. The summed E-state index contributed by atoms with van der Waals surface area (Å²) in [6.07, 6.45) is 2.54. The summed E-state index contributed by atoms with van der Waals surface area (Å²) in [7, 11) is 0. The summed E-state index contributed by atoms with van der Waals surface area (Å²) >= 11 is 0. The van der Waals surface area contributed by atoms with E-state index in [0.717, 1.165) is 24.5 Å². The number of aryl methyl sites for hydroxylation is 1. The van der Waals surface area contributed by atoms with Crippen molar-refractivity contribution in [1.82, 2.24) is 0 Å². The highest BCUT2D eigenvalue weighted by Crippen LogP contribution is 2.28. The minimum atomic E-state index is -0.276. The van der Waals surface area contributed by atoms with Gasteiger partial charge in [0.05, 0.1) is 11.4 Å². The average molecular weight is 285 g/mol. The predicted molar refractivity (Wildman–Crippen MR) is 86.7 cm³/mol. The maximum Gasteiger partial charge on any atom is 0.128 e. The van der Waals surface area contributed by atoms with Crippen molar-refractivity contribution in [3.63, 3.8) is 0 Å². The smallest absolute Gasteiger partial charge is 0.128 e. The van der Waals surface area contributed by atoms with Crippen LogP contribution in [0.15, 0.2) is 36.4 Å². The van der Waals surface area contributed by atoms with Crippen molar-refractivity contribution in [2.45, 2.75) is 19.8 Å². The molecule has 21 heavy (non-hydrogen) atoms. The Bertz CT molecular complexity index is 631. The maximum atomic E-state index is 13.4. The monoisotopic (exact) mass is 285 g/mol. The minimum absolute atomic E-state index is 0.276. The Morgan fingerprint density at radius 3 is 2.43 bits per heavy atom. The molecule has 0 unspecified atom stereocenters. The van der Waals surface area contributed by atoms with Crippen LogP contribution in [0.4, 0.5) is 27.1 Å². The number of benzene rings is 2. The molecule has 0 atom stereocenters. The molecule has 1 aliphatic heterocycles. The van der Waals surface area contributed by atoms with E-state index in [-0.39, 0.29) is 5.82 Å². The SMILES string of the molecule is Cc1cc(Nc2ccc(N3CCCC3)cc2)c(N)cc1F. The quantitative estimate of drug-likeness (QED) is 0.836. The van der Waals surface area contributed by atoms with Gasteiger partial charge in [-0.15, -0.1) is 0 Å². The van der Waals surface area contributed by atoms with Crippen LogP contribution in [-0.4, -0.2) is 13.1 Å². The van der Waals surface area contributed by atoms with E-state index in [9.17, 15) is 4.39 Å². The summed E-state index contributed by atoms with van der Waals surface area (Å²) in [6, 6.07) is 11.4. The molecule has 1 heterocycles. The molecule has 2 aromatic rings. The highest BCUT2D eigenvalue weighted by atomic mass is 19.1. The first-order chi connectivity index (χ1) is 10.1. The van der Waals surface area contributed by atoms with Crippen LogP contribution in [0.25, 0.3) is 0 Å². The highest BCUT2D eigenvalue weighted by Gasteiger charge is 2.12. The van der Waals surface area contributed by atoms with Crippen LogP contribution in [0.3, 0.4) is 0 Å². The number of rotatable bonds is 3. The zero-order valence-corrected chi connectivity index (χ0v) is 12.2. The molecule has 2 aromatic carbocycles. The van der Waals surface area contributed by atoms with Crippen LogP contribution in [-0.2, 0) is 0 Å². The molecule has 1 fully saturated rings. The average Bonchev–Trinajstić information content (AvgIpc) is 3.00. The molecule has 3 N–H and O–H groups in total. The van der Waals surface area contributed by atoms with Gasteiger partial charge in [0.25, 0.3) is 0 Å². The number of nitrogens with one attached hydrogen (secondary N) is 1. The second kappa shape index (κ2) is 5.64. The van der Waals surface area contributed by atoms with Gasteiger partial charge in [-0.2, -0.15) is 0 Å². The molecular formula is C17H20FN3. The van der Waals surface area contributed by atoms with E-state index in [1.807, 2.05) is 12.1 Å². The fraction of sp³-hybridized carbons (Fsp3) is 0.294. The fourth-order valence-electron chi connectivity index (χ4n) is 2.69. The molecule has 0 spiro atoms.